The van der Waals surface area contributed by atoms with Gasteiger partial charge in [0.2, 0.25) is 11.8 Å². The zero-order chi connectivity index (χ0) is 16.9. The topological polar surface area (TPSA) is 65.3 Å². The van der Waals surface area contributed by atoms with E-state index in [1.807, 2.05) is 6.07 Å². The zero-order valence-electron chi connectivity index (χ0n) is 13.4. The Balaban J connectivity index is 1.60. The summed E-state index contributed by atoms with van der Waals surface area (Å²) in [5.41, 5.74) is 0.955. The van der Waals surface area contributed by atoms with E-state index in [0.717, 1.165) is 26.2 Å². The number of piperazine rings is 1. The second-order valence-electron chi connectivity index (χ2n) is 5.58. The number of aromatic nitrogens is 2. The smallest absolute Gasteiger partial charge is 0.228 e. The van der Waals surface area contributed by atoms with E-state index < -0.39 is 0 Å². The Hall–Kier alpha value is -2.72. The molecule has 6 nitrogen and oxygen atoms in total. The van der Waals surface area contributed by atoms with Crippen molar-refractivity contribution >= 4 is 5.95 Å². The summed E-state index contributed by atoms with van der Waals surface area (Å²) in [5.74, 6) is 0.869. The van der Waals surface area contributed by atoms with Crippen LogP contribution in [0.5, 0.6) is 5.88 Å². The molecule has 0 saturated carbocycles. The zero-order valence-corrected chi connectivity index (χ0v) is 13.4. The Morgan fingerprint density at radius 1 is 1.25 bits per heavy atom. The highest BCUT2D eigenvalue weighted by atomic mass is 19.1. The van der Waals surface area contributed by atoms with E-state index >= 15 is 0 Å². The molecule has 124 valence electrons. The lowest BCUT2D eigenvalue weighted by molar-refractivity contribution is 0.245. The molecule has 1 aromatic heterocycles. The summed E-state index contributed by atoms with van der Waals surface area (Å²) in [7, 11) is 1.58. The maximum Gasteiger partial charge on any atom is 0.228 e. The van der Waals surface area contributed by atoms with Crippen LogP contribution in [0.3, 0.4) is 0 Å². The average molecular weight is 327 g/mol. The van der Waals surface area contributed by atoms with E-state index in [9.17, 15) is 4.39 Å². The van der Waals surface area contributed by atoms with Crippen LogP contribution < -0.4 is 9.64 Å². The summed E-state index contributed by atoms with van der Waals surface area (Å²) < 4.78 is 19.1. The third-order valence-corrected chi connectivity index (χ3v) is 4.06. The Morgan fingerprint density at radius 2 is 2.04 bits per heavy atom. The quantitative estimate of drug-likeness (QED) is 0.853. The van der Waals surface area contributed by atoms with E-state index in [4.69, 9.17) is 10.00 Å². The standard InChI is InChI=1S/C17H18FN5O/c1-24-16-4-5-20-17(21-16)23-8-6-22(7-9-23)12-14-3-2-13(11-19)10-15(14)18/h2-5,10H,6-9,12H2,1H3. The Bertz CT molecular complexity index is 753. The normalized spacial score (nSPS) is 15.1. The van der Waals surface area contributed by atoms with Crippen molar-refractivity contribution < 1.29 is 9.13 Å². The van der Waals surface area contributed by atoms with E-state index in [2.05, 4.69) is 19.8 Å². The summed E-state index contributed by atoms with van der Waals surface area (Å²) in [5, 5.41) is 8.80. The molecule has 1 saturated heterocycles. The van der Waals surface area contributed by atoms with Crippen LogP contribution in [0.15, 0.2) is 30.5 Å². The molecule has 1 aliphatic rings. The van der Waals surface area contributed by atoms with Crippen molar-refractivity contribution in [3.63, 3.8) is 0 Å². The molecule has 0 aliphatic carbocycles. The highest BCUT2D eigenvalue weighted by Gasteiger charge is 2.20. The maximum atomic E-state index is 14.0. The fourth-order valence-electron chi connectivity index (χ4n) is 2.69. The number of hydrogen-bond acceptors (Lipinski definition) is 6. The lowest BCUT2D eigenvalue weighted by atomic mass is 10.1. The summed E-state index contributed by atoms with van der Waals surface area (Å²) in [4.78, 5) is 12.9. The highest BCUT2D eigenvalue weighted by Crippen LogP contribution is 2.17. The summed E-state index contributed by atoms with van der Waals surface area (Å²) in [6.07, 6.45) is 1.68. The van der Waals surface area contributed by atoms with E-state index in [-0.39, 0.29) is 5.82 Å². The van der Waals surface area contributed by atoms with Gasteiger partial charge in [-0.3, -0.25) is 4.90 Å². The van der Waals surface area contributed by atoms with Crippen molar-refractivity contribution in [2.45, 2.75) is 6.54 Å². The molecule has 24 heavy (non-hydrogen) atoms. The van der Waals surface area contributed by atoms with E-state index in [1.165, 1.54) is 6.07 Å². The van der Waals surface area contributed by atoms with Crippen molar-refractivity contribution in [3.8, 4) is 11.9 Å². The van der Waals surface area contributed by atoms with E-state index in [1.54, 1.807) is 31.5 Å². The number of nitriles is 1. The molecule has 7 heteroatoms. The number of ether oxygens (including phenoxy) is 1. The van der Waals surface area contributed by atoms with Crippen LogP contribution >= 0.6 is 0 Å². The van der Waals surface area contributed by atoms with Crippen LogP contribution in [0.1, 0.15) is 11.1 Å². The first kappa shape index (κ1) is 16.1. The van der Waals surface area contributed by atoms with Gasteiger partial charge < -0.3 is 9.64 Å². The fourth-order valence-corrected chi connectivity index (χ4v) is 2.69. The van der Waals surface area contributed by atoms with Gasteiger partial charge in [-0.25, -0.2) is 9.37 Å². The molecule has 0 N–H and O–H groups in total. The molecule has 3 rings (SSSR count). The molecule has 0 radical (unpaired) electrons. The Morgan fingerprint density at radius 3 is 2.71 bits per heavy atom. The number of benzene rings is 1. The fraction of sp³-hybridized carbons (Fsp3) is 0.353. The third-order valence-electron chi connectivity index (χ3n) is 4.06. The van der Waals surface area contributed by atoms with Gasteiger partial charge >= 0.3 is 0 Å². The van der Waals surface area contributed by atoms with Gasteiger partial charge in [-0.2, -0.15) is 10.2 Å². The average Bonchev–Trinajstić information content (AvgIpc) is 2.64. The van der Waals surface area contributed by atoms with E-state index in [0.29, 0.717) is 29.5 Å². The van der Waals surface area contributed by atoms with Gasteiger partial charge in [-0.05, 0) is 12.1 Å². The molecule has 0 atom stereocenters. The Kier molecular flexibility index (Phi) is 4.87. The van der Waals surface area contributed by atoms with Crippen LogP contribution in [0, 0.1) is 17.1 Å². The highest BCUT2D eigenvalue weighted by molar-refractivity contribution is 5.34. The number of rotatable bonds is 4. The molecule has 0 unspecified atom stereocenters. The first-order valence-electron chi connectivity index (χ1n) is 7.72. The predicted molar refractivity (Wildman–Crippen MR) is 87.2 cm³/mol. The monoisotopic (exact) mass is 327 g/mol. The summed E-state index contributed by atoms with van der Waals surface area (Å²) >= 11 is 0. The number of hydrogen-bond donors (Lipinski definition) is 0. The summed E-state index contributed by atoms with van der Waals surface area (Å²) in [6, 6.07) is 8.29. The van der Waals surface area contributed by atoms with Gasteiger partial charge in [0.1, 0.15) is 5.82 Å². The van der Waals surface area contributed by atoms with Gasteiger partial charge in [0.05, 0.1) is 18.7 Å². The number of nitrogens with zero attached hydrogens (tertiary/aromatic N) is 5. The Labute approximate surface area is 140 Å². The molecule has 1 fully saturated rings. The number of anilines is 1. The number of methoxy groups -OCH3 is 1. The van der Waals surface area contributed by atoms with Gasteiger partial charge in [-0.15, -0.1) is 0 Å². The summed E-state index contributed by atoms with van der Waals surface area (Å²) in [6.45, 7) is 3.65. The minimum absolute atomic E-state index is 0.326. The molecule has 1 aromatic carbocycles. The maximum absolute atomic E-state index is 14.0. The van der Waals surface area contributed by atoms with Crippen molar-refractivity contribution in [3.05, 3.63) is 47.4 Å². The molecular weight excluding hydrogens is 309 g/mol. The SMILES string of the molecule is COc1ccnc(N2CCN(Cc3ccc(C#N)cc3F)CC2)n1. The number of halogens is 1. The second kappa shape index (κ2) is 7.23. The van der Waals surface area contributed by atoms with Crippen LogP contribution in [0.4, 0.5) is 10.3 Å². The molecule has 0 bridgehead atoms. The van der Waals surface area contributed by atoms with Crippen molar-refractivity contribution in [2.75, 3.05) is 38.2 Å². The molecular formula is C17H18FN5O. The van der Waals surface area contributed by atoms with Gasteiger partial charge in [0.25, 0.3) is 0 Å². The second-order valence-corrected chi connectivity index (χ2v) is 5.58. The van der Waals surface area contributed by atoms with Crippen molar-refractivity contribution in [2.24, 2.45) is 0 Å². The molecule has 2 heterocycles. The van der Waals surface area contributed by atoms with Crippen LogP contribution in [0.2, 0.25) is 0 Å². The van der Waals surface area contributed by atoms with Crippen molar-refractivity contribution in [1.29, 1.82) is 5.26 Å². The van der Waals surface area contributed by atoms with Crippen LogP contribution in [0.25, 0.3) is 0 Å². The first-order valence-corrected chi connectivity index (χ1v) is 7.72. The lowest BCUT2D eigenvalue weighted by Crippen LogP contribution is -2.46. The minimum atomic E-state index is -0.326. The lowest BCUT2D eigenvalue weighted by Gasteiger charge is -2.34. The third kappa shape index (κ3) is 3.60. The largest absolute Gasteiger partial charge is 0.481 e. The van der Waals surface area contributed by atoms with Crippen LogP contribution in [-0.4, -0.2) is 48.2 Å². The molecule has 0 spiro atoms. The van der Waals surface area contributed by atoms with Crippen LogP contribution in [-0.2, 0) is 6.54 Å². The minimum Gasteiger partial charge on any atom is -0.481 e. The molecule has 1 aliphatic heterocycles. The van der Waals surface area contributed by atoms with Crippen molar-refractivity contribution in [1.82, 2.24) is 14.9 Å². The predicted octanol–water partition coefficient (Wildman–Crippen LogP) is 1.82. The van der Waals surface area contributed by atoms with Gasteiger partial charge in [0.15, 0.2) is 0 Å². The molecule has 0 amide bonds. The van der Waals surface area contributed by atoms with Gasteiger partial charge in [0, 0.05) is 50.6 Å². The molecule has 2 aromatic rings. The van der Waals surface area contributed by atoms with Gasteiger partial charge in [-0.1, -0.05) is 6.07 Å². The first-order chi connectivity index (χ1) is 11.7.